The van der Waals surface area contributed by atoms with Crippen molar-refractivity contribution in [1.82, 2.24) is 9.97 Å². The van der Waals surface area contributed by atoms with Gasteiger partial charge in [0, 0.05) is 9.26 Å². The summed E-state index contributed by atoms with van der Waals surface area (Å²) in [6, 6.07) is 9.54. The van der Waals surface area contributed by atoms with Gasteiger partial charge in [0.2, 0.25) is 17.7 Å². The lowest BCUT2D eigenvalue weighted by atomic mass is 10.3. The molecule has 0 saturated heterocycles. The minimum absolute atomic E-state index is 0.437. The number of methoxy groups -OCH3 is 2. The molecule has 1 N–H and O–H groups in total. The molecule has 0 aliphatic carbocycles. The largest absolute Gasteiger partial charge is 0.481 e. The number of hydrogen-bond acceptors (Lipinski definition) is 5. The lowest BCUT2D eigenvalue weighted by Crippen LogP contribution is -2.00. The van der Waals surface area contributed by atoms with Gasteiger partial charge in [0.05, 0.1) is 20.3 Å². The number of nitrogens with zero attached hydrogens (tertiary/aromatic N) is 2. The van der Waals surface area contributed by atoms with Crippen molar-refractivity contribution in [3.8, 4) is 11.8 Å². The Hall–Kier alpha value is -1.57. The Kier molecular flexibility index (Phi) is 4.19. The average Bonchev–Trinajstić information content (AvgIpc) is 2.41. The number of nitrogens with one attached hydrogen (secondary N) is 1. The van der Waals surface area contributed by atoms with Crippen LogP contribution < -0.4 is 14.8 Å². The van der Waals surface area contributed by atoms with Crippen LogP contribution in [-0.4, -0.2) is 24.2 Å². The Labute approximate surface area is 119 Å². The van der Waals surface area contributed by atoms with Crippen LogP contribution in [-0.2, 0) is 0 Å². The molecule has 1 aromatic heterocycles. The molecule has 1 aromatic carbocycles. The van der Waals surface area contributed by atoms with E-state index in [1.807, 2.05) is 24.3 Å². The number of hydrogen-bond donors (Lipinski definition) is 1. The van der Waals surface area contributed by atoms with Crippen LogP contribution in [0.4, 0.5) is 11.6 Å². The van der Waals surface area contributed by atoms with Crippen molar-refractivity contribution >= 4 is 34.2 Å². The van der Waals surface area contributed by atoms with E-state index < -0.39 is 0 Å². The summed E-state index contributed by atoms with van der Waals surface area (Å²) in [7, 11) is 3.10. The second-order valence-corrected chi connectivity index (χ2v) is 4.65. The third-order valence-corrected chi connectivity index (χ3v) is 2.92. The van der Waals surface area contributed by atoms with Crippen molar-refractivity contribution < 1.29 is 9.47 Å². The molecular formula is C12H12IN3O2. The van der Waals surface area contributed by atoms with Crippen molar-refractivity contribution in [1.29, 1.82) is 0 Å². The molecule has 0 radical (unpaired) electrons. The predicted molar refractivity (Wildman–Crippen MR) is 77.6 cm³/mol. The molecule has 2 aromatic rings. The van der Waals surface area contributed by atoms with Crippen molar-refractivity contribution in [3.05, 3.63) is 33.9 Å². The van der Waals surface area contributed by atoms with Gasteiger partial charge in [-0.15, -0.1) is 0 Å². The monoisotopic (exact) mass is 357 g/mol. The molecule has 1 heterocycles. The van der Waals surface area contributed by atoms with E-state index in [9.17, 15) is 0 Å². The lowest BCUT2D eigenvalue weighted by Gasteiger charge is -2.08. The number of anilines is 2. The van der Waals surface area contributed by atoms with E-state index in [1.165, 1.54) is 3.57 Å². The maximum absolute atomic E-state index is 5.08. The molecule has 0 atom stereocenters. The summed E-state index contributed by atoms with van der Waals surface area (Å²) in [5, 5.41) is 3.10. The zero-order chi connectivity index (χ0) is 13.0. The first-order valence-electron chi connectivity index (χ1n) is 5.21. The van der Waals surface area contributed by atoms with E-state index >= 15 is 0 Å². The number of aromatic nitrogens is 2. The Balaban J connectivity index is 2.25. The highest BCUT2D eigenvalue weighted by Gasteiger charge is 2.05. The number of halogens is 1. The van der Waals surface area contributed by atoms with Gasteiger partial charge in [-0.1, -0.05) is 0 Å². The molecule has 0 spiro atoms. The standard InChI is InChI=1S/C12H12IN3O2/c1-17-10-7-11(18-2)16-12(15-10)14-9-5-3-8(13)4-6-9/h3-7H,1-2H3,(H,14,15,16). The molecule has 0 unspecified atom stereocenters. The normalized spacial score (nSPS) is 9.94. The molecule has 0 fully saturated rings. The third-order valence-electron chi connectivity index (χ3n) is 2.20. The minimum atomic E-state index is 0.437. The molecule has 2 rings (SSSR count). The third kappa shape index (κ3) is 3.22. The zero-order valence-corrected chi connectivity index (χ0v) is 12.1. The summed E-state index contributed by atoms with van der Waals surface area (Å²) in [6.07, 6.45) is 0. The van der Waals surface area contributed by atoms with Gasteiger partial charge in [-0.3, -0.25) is 0 Å². The van der Waals surface area contributed by atoms with Crippen LogP contribution in [0.25, 0.3) is 0 Å². The van der Waals surface area contributed by atoms with Gasteiger partial charge in [0.1, 0.15) is 0 Å². The summed E-state index contributed by atoms with van der Waals surface area (Å²) in [4.78, 5) is 8.38. The Bertz CT molecular complexity index is 509. The first-order valence-corrected chi connectivity index (χ1v) is 6.29. The fourth-order valence-electron chi connectivity index (χ4n) is 1.33. The van der Waals surface area contributed by atoms with E-state index in [0.29, 0.717) is 17.7 Å². The Morgan fingerprint density at radius 2 is 1.56 bits per heavy atom. The van der Waals surface area contributed by atoms with Crippen molar-refractivity contribution in [3.63, 3.8) is 0 Å². The predicted octanol–water partition coefficient (Wildman–Crippen LogP) is 2.84. The molecule has 0 aliphatic rings. The number of ether oxygens (including phenoxy) is 2. The summed E-state index contributed by atoms with van der Waals surface area (Å²) in [6.45, 7) is 0. The Morgan fingerprint density at radius 1 is 1.00 bits per heavy atom. The molecular weight excluding hydrogens is 345 g/mol. The molecule has 18 heavy (non-hydrogen) atoms. The first kappa shape index (κ1) is 12.9. The zero-order valence-electron chi connectivity index (χ0n) is 9.98. The van der Waals surface area contributed by atoms with Crippen LogP contribution in [0.3, 0.4) is 0 Å². The van der Waals surface area contributed by atoms with Gasteiger partial charge in [0.15, 0.2) is 0 Å². The van der Waals surface area contributed by atoms with Crippen LogP contribution in [0, 0.1) is 3.57 Å². The molecule has 5 nitrogen and oxygen atoms in total. The molecule has 94 valence electrons. The summed E-state index contributed by atoms with van der Waals surface area (Å²) in [5.74, 6) is 1.34. The van der Waals surface area contributed by atoms with E-state index in [4.69, 9.17) is 9.47 Å². The topological polar surface area (TPSA) is 56.3 Å². The summed E-state index contributed by atoms with van der Waals surface area (Å²) in [5.41, 5.74) is 0.908. The van der Waals surface area contributed by atoms with Crippen LogP contribution in [0.5, 0.6) is 11.8 Å². The number of benzene rings is 1. The molecule has 6 heteroatoms. The quantitative estimate of drug-likeness (QED) is 0.853. The van der Waals surface area contributed by atoms with E-state index in [2.05, 4.69) is 37.9 Å². The maximum Gasteiger partial charge on any atom is 0.233 e. The SMILES string of the molecule is COc1cc(OC)nc(Nc2ccc(I)cc2)n1. The molecule has 0 bridgehead atoms. The van der Waals surface area contributed by atoms with Crippen molar-refractivity contribution in [2.75, 3.05) is 19.5 Å². The van der Waals surface area contributed by atoms with Gasteiger partial charge < -0.3 is 14.8 Å². The second kappa shape index (κ2) is 5.85. The van der Waals surface area contributed by atoms with Crippen LogP contribution in [0.2, 0.25) is 0 Å². The van der Waals surface area contributed by atoms with Crippen LogP contribution in [0.15, 0.2) is 30.3 Å². The van der Waals surface area contributed by atoms with Gasteiger partial charge in [-0.2, -0.15) is 9.97 Å². The summed E-state index contributed by atoms with van der Waals surface area (Å²) < 4.78 is 11.3. The van der Waals surface area contributed by atoms with Gasteiger partial charge >= 0.3 is 0 Å². The van der Waals surface area contributed by atoms with Crippen LogP contribution >= 0.6 is 22.6 Å². The smallest absolute Gasteiger partial charge is 0.233 e. The highest BCUT2D eigenvalue weighted by Crippen LogP contribution is 2.20. The lowest BCUT2D eigenvalue weighted by molar-refractivity contribution is 0.373. The van der Waals surface area contributed by atoms with E-state index in [-0.39, 0.29) is 0 Å². The maximum atomic E-state index is 5.08. The first-order chi connectivity index (χ1) is 8.71. The van der Waals surface area contributed by atoms with Crippen LogP contribution in [0.1, 0.15) is 0 Å². The summed E-state index contributed by atoms with van der Waals surface area (Å²) >= 11 is 2.25. The van der Waals surface area contributed by atoms with E-state index in [1.54, 1.807) is 20.3 Å². The molecule has 0 amide bonds. The highest BCUT2D eigenvalue weighted by molar-refractivity contribution is 14.1. The van der Waals surface area contributed by atoms with Crippen molar-refractivity contribution in [2.24, 2.45) is 0 Å². The highest BCUT2D eigenvalue weighted by atomic mass is 127. The van der Waals surface area contributed by atoms with Gasteiger partial charge in [-0.05, 0) is 46.9 Å². The van der Waals surface area contributed by atoms with Crippen molar-refractivity contribution in [2.45, 2.75) is 0 Å². The number of rotatable bonds is 4. The Morgan fingerprint density at radius 3 is 2.06 bits per heavy atom. The fraction of sp³-hybridized carbons (Fsp3) is 0.167. The molecule has 0 aliphatic heterocycles. The minimum Gasteiger partial charge on any atom is -0.481 e. The van der Waals surface area contributed by atoms with E-state index in [0.717, 1.165) is 5.69 Å². The molecule has 0 saturated carbocycles. The average molecular weight is 357 g/mol. The second-order valence-electron chi connectivity index (χ2n) is 3.41. The fourth-order valence-corrected chi connectivity index (χ4v) is 1.69. The van der Waals surface area contributed by atoms with Gasteiger partial charge in [0.25, 0.3) is 0 Å². The van der Waals surface area contributed by atoms with Gasteiger partial charge in [-0.25, -0.2) is 0 Å².